The minimum atomic E-state index is -0.707. The average molecular weight is 641 g/mol. The number of carbonyl (C=O) groups is 1. The SMILES string of the molecule is CCOC(=O)C1=C(C)N=c2s/c(=C/c3cc(C)n(-c4ccc(Cl)cc4)c3C)c(=O)n2[C@@H]1c1ccc(OC)c(Br)c1. The molecule has 0 amide bonds. The van der Waals surface area contributed by atoms with Crippen molar-refractivity contribution in [3.05, 3.63) is 111 Å². The Hall–Kier alpha value is -3.40. The number of thiazole rings is 1. The van der Waals surface area contributed by atoms with Crippen LogP contribution >= 0.6 is 38.9 Å². The zero-order valence-corrected chi connectivity index (χ0v) is 25.8. The van der Waals surface area contributed by atoms with Gasteiger partial charge in [-0.15, -0.1) is 0 Å². The summed E-state index contributed by atoms with van der Waals surface area (Å²) >= 11 is 10.9. The molecule has 206 valence electrons. The van der Waals surface area contributed by atoms with E-state index in [2.05, 4.69) is 31.6 Å². The summed E-state index contributed by atoms with van der Waals surface area (Å²) < 4.78 is 15.7. The maximum atomic E-state index is 14.0. The lowest BCUT2D eigenvalue weighted by atomic mass is 9.96. The average Bonchev–Trinajstić information content (AvgIpc) is 3.37. The first-order valence-electron chi connectivity index (χ1n) is 12.6. The molecule has 3 heterocycles. The fourth-order valence-corrected chi connectivity index (χ4v) is 6.74. The van der Waals surface area contributed by atoms with Gasteiger partial charge in [0.05, 0.1) is 40.0 Å². The van der Waals surface area contributed by atoms with Gasteiger partial charge in [0.2, 0.25) is 0 Å². The molecule has 4 aromatic rings. The Morgan fingerprint density at radius 3 is 2.52 bits per heavy atom. The van der Waals surface area contributed by atoms with Crippen LogP contribution in [0.5, 0.6) is 5.75 Å². The third-order valence-corrected chi connectivity index (χ3v) is 8.70. The van der Waals surface area contributed by atoms with Crippen LogP contribution in [-0.2, 0) is 9.53 Å². The Labute approximate surface area is 248 Å². The van der Waals surface area contributed by atoms with Gasteiger partial charge in [-0.1, -0.05) is 29.0 Å². The molecule has 2 aromatic carbocycles. The van der Waals surface area contributed by atoms with Crippen molar-refractivity contribution in [3.8, 4) is 11.4 Å². The van der Waals surface area contributed by atoms with Crippen molar-refractivity contribution < 1.29 is 14.3 Å². The summed E-state index contributed by atoms with van der Waals surface area (Å²) in [5.74, 6) is 0.145. The number of aryl methyl sites for hydroxylation is 1. The zero-order chi connectivity index (χ0) is 28.7. The number of rotatable bonds is 6. The molecule has 0 saturated heterocycles. The van der Waals surface area contributed by atoms with Crippen molar-refractivity contribution in [2.45, 2.75) is 33.7 Å². The van der Waals surface area contributed by atoms with Gasteiger partial charge in [-0.3, -0.25) is 9.36 Å². The number of fused-ring (bicyclic) bond motifs is 1. The van der Waals surface area contributed by atoms with Gasteiger partial charge in [0.1, 0.15) is 5.75 Å². The van der Waals surface area contributed by atoms with Crippen LogP contribution in [-0.4, -0.2) is 28.8 Å². The first-order valence-corrected chi connectivity index (χ1v) is 14.6. The summed E-state index contributed by atoms with van der Waals surface area (Å²) in [5, 5.41) is 0.670. The van der Waals surface area contributed by atoms with Gasteiger partial charge in [0.15, 0.2) is 4.80 Å². The summed E-state index contributed by atoms with van der Waals surface area (Å²) in [4.78, 5) is 32.3. The van der Waals surface area contributed by atoms with Gasteiger partial charge in [0.25, 0.3) is 5.56 Å². The molecular formula is C30H27BrClN3O4S. The molecule has 0 unspecified atom stereocenters. The highest BCUT2D eigenvalue weighted by molar-refractivity contribution is 9.10. The molecule has 0 aliphatic carbocycles. The first kappa shape index (κ1) is 28.1. The molecule has 40 heavy (non-hydrogen) atoms. The molecule has 0 radical (unpaired) electrons. The van der Waals surface area contributed by atoms with E-state index in [1.54, 1.807) is 31.6 Å². The predicted molar refractivity (Wildman–Crippen MR) is 161 cm³/mol. The van der Waals surface area contributed by atoms with E-state index in [4.69, 9.17) is 21.1 Å². The Bertz CT molecular complexity index is 1850. The third-order valence-electron chi connectivity index (χ3n) is 6.85. The van der Waals surface area contributed by atoms with Gasteiger partial charge in [0, 0.05) is 22.1 Å². The number of methoxy groups -OCH3 is 1. The monoisotopic (exact) mass is 639 g/mol. The molecule has 1 aliphatic rings. The van der Waals surface area contributed by atoms with E-state index in [9.17, 15) is 9.59 Å². The molecule has 2 aromatic heterocycles. The normalized spacial score (nSPS) is 15.2. The van der Waals surface area contributed by atoms with Crippen LogP contribution < -0.4 is 19.6 Å². The number of nitrogens with zero attached hydrogens (tertiary/aromatic N) is 3. The van der Waals surface area contributed by atoms with Crippen molar-refractivity contribution in [1.82, 2.24) is 9.13 Å². The second-order valence-electron chi connectivity index (χ2n) is 9.33. The molecular weight excluding hydrogens is 614 g/mol. The number of esters is 1. The van der Waals surface area contributed by atoms with Crippen LogP contribution in [0.1, 0.15) is 42.4 Å². The number of allylic oxidation sites excluding steroid dienone is 1. The zero-order valence-electron chi connectivity index (χ0n) is 22.6. The van der Waals surface area contributed by atoms with Crippen molar-refractivity contribution in [2.24, 2.45) is 4.99 Å². The van der Waals surface area contributed by atoms with Crippen molar-refractivity contribution in [2.75, 3.05) is 13.7 Å². The molecule has 7 nitrogen and oxygen atoms in total. The molecule has 0 fully saturated rings. The second-order valence-corrected chi connectivity index (χ2v) is 11.6. The highest BCUT2D eigenvalue weighted by Gasteiger charge is 2.33. The quantitative estimate of drug-likeness (QED) is 0.256. The fourth-order valence-electron chi connectivity index (χ4n) is 5.02. The number of benzene rings is 2. The predicted octanol–water partition coefficient (Wildman–Crippen LogP) is 5.63. The van der Waals surface area contributed by atoms with Gasteiger partial charge in [-0.05, 0) is 103 Å². The molecule has 10 heteroatoms. The van der Waals surface area contributed by atoms with E-state index < -0.39 is 12.0 Å². The van der Waals surface area contributed by atoms with Gasteiger partial charge in [-0.25, -0.2) is 9.79 Å². The molecule has 0 saturated carbocycles. The summed E-state index contributed by atoms with van der Waals surface area (Å²) in [6, 6.07) is 14.5. The van der Waals surface area contributed by atoms with Crippen LogP contribution in [0.25, 0.3) is 11.8 Å². The maximum absolute atomic E-state index is 14.0. The summed E-state index contributed by atoms with van der Waals surface area (Å²) in [5.41, 5.74) is 5.28. The summed E-state index contributed by atoms with van der Waals surface area (Å²) in [6.07, 6.45) is 1.89. The number of ether oxygens (including phenoxy) is 2. The van der Waals surface area contributed by atoms with E-state index >= 15 is 0 Å². The first-order chi connectivity index (χ1) is 19.1. The minimum absolute atomic E-state index is 0.211. The molecule has 1 atom stereocenters. The highest BCUT2D eigenvalue weighted by Crippen LogP contribution is 2.35. The number of carbonyl (C=O) groups excluding carboxylic acids is 1. The minimum Gasteiger partial charge on any atom is -0.496 e. The molecule has 0 spiro atoms. The van der Waals surface area contributed by atoms with Crippen molar-refractivity contribution >= 4 is 50.9 Å². The van der Waals surface area contributed by atoms with Crippen LogP contribution in [0.2, 0.25) is 5.02 Å². The number of aromatic nitrogens is 2. The van der Waals surface area contributed by atoms with E-state index in [-0.39, 0.29) is 12.2 Å². The van der Waals surface area contributed by atoms with E-state index in [0.29, 0.717) is 35.8 Å². The van der Waals surface area contributed by atoms with Crippen LogP contribution in [0, 0.1) is 13.8 Å². The van der Waals surface area contributed by atoms with Crippen LogP contribution in [0.4, 0.5) is 0 Å². The number of hydrogen-bond acceptors (Lipinski definition) is 6. The van der Waals surface area contributed by atoms with E-state index in [0.717, 1.165) is 28.2 Å². The Morgan fingerprint density at radius 1 is 1.15 bits per heavy atom. The topological polar surface area (TPSA) is 74.8 Å². The number of hydrogen-bond donors (Lipinski definition) is 0. The number of halogens is 2. The summed E-state index contributed by atoms with van der Waals surface area (Å²) in [7, 11) is 1.58. The Balaban J connectivity index is 1.70. The lowest BCUT2D eigenvalue weighted by molar-refractivity contribution is -0.139. The van der Waals surface area contributed by atoms with Crippen molar-refractivity contribution in [1.29, 1.82) is 0 Å². The van der Waals surface area contributed by atoms with Gasteiger partial charge >= 0.3 is 5.97 Å². The van der Waals surface area contributed by atoms with Crippen molar-refractivity contribution in [3.63, 3.8) is 0 Å². The van der Waals surface area contributed by atoms with Crippen LogP contribution in [0.3, 0.4) is 0 Å². The molecule has 1 aliphatic heterocycles. The van der Waals surface area contributed by atoms with E-state index in [1.165, 1.54) is 11.3 Å². The smallest absolute Gasteiger partial charge is 0.338 e. The summed E-state index contributed by atoms with van der Waals surface area (Å²) in [6.45, 7) is 7.78. The largest absolute Gasteiger partial charge is 0.496 e. The lowest BCUT2D eigenvalue weighted by Gasteiger charge is -2.25. The van der Waals surface area contributed by atoms with Gasteiger partial charge < -0.3 is 14.0 Å². The molecule has 5 rings (SSSR count). The lowest BCUT2D eigenvalue weighted by Crippen LogP contribution is -2.40. The van der Waals surface area contributed by atoms with Gasteiger partial charge in [-0.2, -0.15) is 0 Å². The van der Waals surface area contributed by atoms with E-state index in [1.807, 2.05) is 56.3 Å². The maximum Gasteiger partial charge on any atom is 0.338 e. The highest BCUT2D eigenvalue weighted by atomic mass is 79.9. The fraction of sp³-hybridized carbons (Fsp3) is 0.233. The molecule has 0 N–H and O–H groups in total. The van der Waals surface area contributed by atoms with Crippen LogP contribution in [0.15, 0.2) is 74.1 Å². The second kappa shape index (κ2) is 11.2. The third kappa shape index (κ3) is 4.98. The standard InChI is InChI=1S/C30H27BrClN3O4S/c1-6-39-29(37)26-17(3)33-30-35(27(26)19-7-12-24(38-5)23(31)14-19)28(36)25(40-30)15-20-13-16(2)34(18(20)4)22-10-8-21(32)9-11-22/h7-15,27H,6H2,1-5H3/b25-15+/t27-/m1/s1. The Kier molecular flexibility index (Phi) is 7.90. The molecule has 0 bridgehead atoms. The Morgan fingerprint density at radius 2 is 1.88 bits per heavy atom.